The van der Waals surface area contributed by atoms with Gasteiger partial charge in [0, 0.05) is 0 Å². The Bertz CT molecular complexity index is 369. The van der Waals surface area contributed by atoms with Crippen LogP contribution in [0, 0.1) is 17.3 Å². The Morgan fingerprint density at radius 2 is 1.44 bits per heavy atom. The van der Waals surface area contributed by atoms with Crippen LogP contribution in [0.1, 0.15) is 27.7 Å². The van der Waals surface area contributed by atoms with Gasteiger partial charge in [-0.05, 0) is 11.8 Å². The molecular weight excluding hydrogens is 243 g/mol. The molecule has 94 valence electrons. The predicted octanol–water partition coefficient (Wildman–Crippen LogP) is -1.79. The smallest absolute Gasteiger partial charge is 0.277 e. The van der Waals surface area contributed by atoms with E-state index in [9.17, 15) is 14.4 Å². The maximum atomic E-state index is 11.9. The number of allylic oxidation sites excluding steroid dienone is 1. The number of nitrogens with one attached hydrogen (secondary N) is 2. The van der Waals surface area contributed by atoms with Gasteiger partial charge in [-0.2, -0.15) is 0 Å². The molecule has 4 amide bonds. The summed E-state index contributed by atoms with van der Waals surface area (Å²) in [6.45, 7) is 7.46. The Hall–Kier alpha value is -0.650. The second-order valence-corrected chi connectivity index (χ2v) is 4.86. The normalized spacial score (nSPS) is 18.9. The third kappa shape index (κ3) is 3.22. The van der Waals surface area contributed by atoms with Gasteiger partial charge in [0.15, 0.2) is 0 Å². The van der Waals surface area contributed by atoms with Gasteiger partial charge in [-0.1, -0.05) is 39.8 Å². The number of carbonyl (C=O) groups is 3. The number of hydrogen-bond acceptors (Lipinski definition) is 3. The van der Waals surface area contributed by atoms with Crippen molar-refractivity contribution in [3.63, 3.8) is 0 Å². The summed E-state index contributed by atoms with van der Waals surface area (Å²) in [6, 6.07) is -0.755. The molecule has 0 aromatic heterocycles. The van der Waals surface area contributed by atoms with Gasteiger partial charge in [-0.25, -0.2) is 4.79 Å². The average molecular weight is 261 g/mol. The molecule has 2 N–H and O–H groups in total. The topological polar surface area (TPSA) is 75.3 Å². The van der Waals surface area contributed by atoms with Crippen molar-refractivity contribution in [1.29, 1.82) is 0 Å². The monoisotopic (exact) mass is 261 g/mol. The van der Waals surface area contributed by atoms with E-state index in [4.69, 9.17) is 0 Å². The second kappa shape index (κ2) is 6.50. The van der Waals surface area contributed by atoms with Crippen LogP contribution in [0.5, 0.6) is 0 Å². The molecule has 1 heterocycles. The van der Waals surface area contributed by atoms with Crippen molar-refractivity contribution in [1.82, 2.24) is 10.6 Å². The Morgan fingerprint density at radius 3 is 1.78 bits per heavy atom. The zero-order chi connectivity index (χ0) is 13.2. The van der Waals surface area contributed by atoms with Gasteiger partial charge in [-0.15, -0.1) is 0 Å². The number of hydrogen-bond donors (Lipinski definition) is 2. The minimum Gasteiger partial charge on any atom is -0.277 e. The number of urea groups is 1. The molecule has 1 aliphatic heterocycles. The molecule has 1 rings (SSSR count). The maximum absolute atomic E-state index is 11.9. The van der Waals surface area contributed by atoms with Gasteiger partial charge in [0.1, 0.15) is 5.41 Å². The third-order valence-corrected chi connectivity index (χ3v) is 2.86. The summed E-state index contributed by atoms with van der Waals surface area (Å²) in [5.41, 5.74) is -1.29. The van der Waals surface area contributed by atoms with E-state index in [0.717, 1.165) is 0 Å². The fraction of sp³-hybridized carbons (Fsp3) is 0.583. The van der Waals surface area contributed by atoms with Crippen molar-refractivity contribution in [3.8, 4) is 0 Å². The van der Waals surface area contributed by atoms with E-state index in [1.807, 2.05) is 13.8 Å². The Balaban J connectivity index is 0.00000289. The van der Waals surface area contributed by atoms with Crippen LogP contribution >= 0.6 is 0 Å². The van der Waals surface area contributed by atoms with E-state index in [1.54, 1.807) is 26.0 Å². The molecule has 0 aromatic carbocycles. The summed E-state index contributed by atoms with van der Waals surface area (Å²) >= 11 is 0. The number of barbiturate groups is 1. The number of rotatable bonds is 3. The molecule has 18 heavy (non-hydrogen) atoms. The van der Waals surface area contributed by atoms with Crippen molar-refractivity contribution in [2.45, 2.75) is 27.7 Å². The molecule has 0 aromatic rings. The summed E-state index contributed by atoms with van der Waals surface area (Å²) < 4.78 is 0. The van der Waals surface area contributed by atoms with E-state index < -0.39 is 23.3 Å². The predicted molar refractivity (Wildman–Crippen MR) is 62.9 cm³/mol. The molecule has 0 atom stereocenters. The molecule has 0 radical (unpaired) electrons. The molecule has 5 nitrogen and oxygen atoms in total. The van der Waals surface area contributed by atoms with E-state index in [1.165, 1.54) is 0 Å². The molecule has 0 aliphatic carbocycles. The third-order valence-electron chi connectivity index (χ3n) is 2.86. The van der Waals surface area contributed by atoms with Crippen molar-refractivity contribution in [2.75, 3.05) is 0 Å². The quantitative estimate of drug-likeness (QED) is 0.358. The summed E-state index contributed by atoms with van der Waals surface area (Å²) in [5.74, 6) is -1.12. The first kappa shape index (κ1) is 17.4. The summed E-state index contributed by atoms with van der Waals surface area (Å²) in [7, 11) is 0. The first-order valence-corrected chi connectivity index (χ1v) is 5.67. The van der Waals surface area contributed by atoms with Crippen molar-refractivity contribution in [3.05, 3.63) is 12.2 Å². The van der Waals surface area contributed by atoms with Gasteiger partial charge in [0.05, 0.1) is 0 Å². The van der Waals surface area contributed by atoms with Crippen LogP contribution in [0.2, 0.25) is 0 Å². The van der Waals surface area contributed by atoms with Gasteiger partial charge in [0.25, 0.3) is 0 Å². The molecule has 1 saturated heterocycles. The van der Waals surface area contributed by atoms with Crippen LogP contribution in [0.3, 0.4) is 0 Å². The molecule has 0 unspecified atom stereocenters. The summed E-state index contributed by atoms with van der Waals surface area (Å²) in [5, 5.41) is 4.29. The van der Waals surface area contributed by atoms with Crippen molar-refractivity contribution < 1.29 is 43.9 Å². The van der Waals surface area contributed by atoms with Gasteiger partial charge in [0.2, 0.25) is 11.8 Å². The fourth-order valence-corrected chi connectivity index (χ4v) is 1.76. The molecule has 0 spiro atoms. The molecule has 6 heteroatoms. The van der Waals surface area contributed by atoms with E-state index in [2.05, 4.69) is 10.6 Å². The summed E-state index contributed by atoms with van der Waals surface area (Å²) in [4.78, 5) is 34.9. The van der Waals surface area contributed by atoms with E-state index in [-0.39, 0.29) is 41.4 Å². The van der Waals surface area contributed by atoms with Crippen LogP contribution in [0.4, 0.5) is 4.79 Å². The second-order valence-electron chi connectivity index (χ2n) is 4.86. The Kier molecular flexibility index (Phi) is 6.26. The van der Waals surface area contributed by atoms with E-state index in [0.29, 0.717) is 0 Å². The first-order valence-electron chi connectivity index (χ1n) is 5.67. The van der Waals surface area contributed by atoms with Crippen molar-refractivity contribution in [2.24, 2.45) is 17.3 Å². The number of amides is 4. The minimum atomic E-state index is -1.29. The fourth-order valence-electron chi connectivity index (χ4n) is 1.76. The van der Waals surface area contributed by atoms with Gasteiger partial charge < -0.3 is 0 Å². The van der Waals surface area contributed by atoms with Crippen LogP contribution in [-0.4, -0.2) is 17.8 Å². The maximum Gasteiger partial charge on any atom is 1.00 e. The zero-order valence-corrected chi connectivity index (χ0v) is 13.5. The van der Waals surface area contributed by atoms with Gasteiger partial charge >= 0.3 is 35.6 Å². The zero-order valence-electron chi connectivity index (χ0n) is 11.5. The van der Waals surface area contributed by atoms with Crippen LogP contribution < -0.4 is 40.2 Å². The molecule has 1 fully saturated rings. The van der Waals surface area contributed by atoms with E-state index >= 15 is 0 Å². The van der Waals surface area contributed by atoms with Crippen LogP contribution in [0.15, 0.2) is 12.2 Å². The average Bonchev–Trinajstić information content (AvgIpc) is 2.15. The SMILES string of the molecule is CC(C)/C=C/C1(C(C)C)C(=O)NC(=O)NC1=O.[Na+]. The molecule has 0 saturated carbocycles. The number of carbonyl (C=O) groups excluding carboxylic acids is 3. The van der Waals surface area contributed by atoms with Crippen LogP contribution in [0.25, 0.3) is 0 Å². The Morgan fingerprint density at radius 1 is 1.00 bits per heavy atom. The van der Waals surface area contributed by atoms with Crippen molar-refractivity contribution >= 4 is 17.8 Å². The molecular formula is C12H18N2NaO3+. The molecule has 1 aliphatic rings. The summed E-state index contributed by atoms with van der Waals surface area (Å²) in [6.07, 6.45) is 3.40. The molecule has 0 bridgehead atoms. The minimum absolute atomic E-state index is 0. The largest absolute Gasteiger partial charge is 1.00 e. The van der Waals surface area contributed by atoms with Gasteiger partial charge in [-0.3, -0.25) is 20.2 Å². The Labute approximate surface area is 129 Å². The standard InChI is InChI=1S/C12H18N2O3.Na/c1-7(2)5-6-12(8(3)4)9(15)13-11(17)14-10(12)16;/h5-8H,1-4H3,(H2,13,14,15,16,17);/q;+1/b6-5+;. The first-order chi connectivity index (χ1) is 7.80. The number of imide groups is 2. The van der Waals surface area contributed by atoms with Crippen LogP contribution in [-0.2, 0) is 9.59 Å².